The monoisotopic (exact) mass is 392 g/mol. The van der Waals surface area contributed by atoms with E-state index in [0.717, 1.165) is 50.0 Å². The van der Waals surface area contributed by atoms with E-state index in [9.17, 15) is 4.39 Å². The minimum absolute atomic E-state index is 0.132. The van der Waals surface area contributed by atoms with Crippen LogP contribution in [0, 0.1) is 5.82 Å². The molecule has 1 saturated heterocycles. The molecule has 0 amide bonds. The maximum absolute atomic E-state index is 14.0. The van der Waals surface area contributed by atoms with Gasteiger partial charge in [-0.1, -0.05) is 0 Å². The molecule has 3 aliphatic heterocycles. The summed E-state index contributed by atoms with van der Waals surface area (Å²) >= 11 is 3.25. The van der Waals surface area contributed by atoms with Crippen molar-refractivity contribution in [3.63, 3.8) is 0 Å². The number of nitrogens with zero attached hydrogens (tertiary/aromatic N) is 5. The Morgan fingerprint density at radius 2 is 2.04 bits per heavy atom. The molecule has 1 aromatic carbocycles. The summed E-state index contributed by atoms with van der Waals surface area (Å²) in [6, 6.07) is 3.29. The van der Waals surface area contributed by atoms with Gasteiger partial charge in [-0.2, -0.15) is 5.10 Å². The molecular weight excluding hydrogens is 375 g/mol. The number of rotatable bonds is 0. The van der Waals surface area contributed by atoms with Crippen molar-refractivity contribution in [2.24, 2.45) is 15.1 Å². The third-order valence-corrected chi connectivity index (χ3v) is 4.88. The van der Waals surface area contributed by atoms with Gasteiger partial charge in [0.2, 0.25) is 0 Å². The van der Waals surface area contributed by atoms with Gasteiger partial charge in [0.15, 0.2) is 11.7 Å². The Bertz CT molecular complexity index is 753. The predicted octanol–water partition coefficient (Wildman–Crippen LogP) is 2.52. The summed E-state index contributed by atoms with van der Waals surface area (Å²) in [7, 11) is 0. The molecule has 1 N–H and O–H groups in total. The van der Waals surface area contributed by atoms with Gasteiger partial charge in [-0.05, 0) is 28.9 Å². The van der Waals surface area contributed by atoms with Crippen LogP contribution in [0.5, 0.6) is 0 Å². The van der Waals surface area contributed by atoms with Crippen molar-refractivity contribution >= 4 is 45.2 Å². The molecule has 4 rings (SSSR count). The lowest BCUT2D eigenvalue weighted by atomic mass is 10.2. The fourth-order valence-electron chi connectivity index (χ4n) is 3.02. The van der Waals surface area contributed by atoms with Gasteiger partial charge < -0.3 is 10.2 Å². The number of hydrazone groups is 1. The number of hydrogen-bond donors (Lipinski definition) is 1. The molecule has 0 saturated carbocycles. The predicted molar refractivity (Wildman–Crippen MR) is 98.1 cm³/mol. The van der Waals surface area contributed by atoms with Gasteiger partial charge in [0, 0.05) is 44.9 Å². The molecule has 8 heteroatoms. The molecule has 6 nitrogen and oxygen atoms in total. The standard InChI is InChI=1S/C16H18BrFN6/c1-10-2-3-20-24-14-8-11(17)12(18)9-13(14)22-15(16(24)21-10)23-6-4-19-5-7-23/h3,8-10,19H,2,4-7H2,1H3. The Morgan fingerprint density at radius 3 is 2.83 bits per heavy atom. The van der Waals surface area contributed by atoms with E-state index in [4.69, 9.17) is 9.98 Å². The largest absolute Gasteiger partial charge is 0.351 e. The normalized spacial score (nSPS) is 23.2. The molecule has 0 radical (unpaired) electrons. The molecule has 1 atom stereocenters. The van der Waals surface area contributed by atoms with Crippen LogP contribution in [0.1, 0.15) is 13.3 Å². The lowest BCUT2D eigenvalue weighted by Crippen LogP contribution is -2.52. The topological polar surface area (TPSA) is 55.6 Å². The molecule has 0 aliphatic carbocycles. The van der Waals surface area contributed by atoms with Gasteiger partial charge in [-0.25, -0.2) is 14.4 Å². The maximum Gasteiger partial charge on any atom is 0.193 e. The number of nitrogens with one attached hydrogen (secondary N) is 1. The highest BCUT2D eigenvalue weighted by Gasteiger charge is 2.32. The lowest BCUT2D eigenvalue weighted by Gasteiger charge is -2.35. The molecular formula is C16H18BrFN6. The van der Waals surface area contributed by atoms with Crippen molar-refractivity contribution in [2.45, 2.75) is 19.4 Å². The third-order valence-electron chi connectivity index (χ3n) is 4.28. The fraction of sp³-hybridized carbons (Fsp3) is 0.438. The first-order chi connectivity index (χ1) is 11.6. The molecule has 0 aromatic heterocycles. The van der Waals surface area contributed by atoms with E-state index >= 15 is 0 Å². The van der Waals surface area contributed by atoms with E-state index in [0.29, 0.717) is 10.2 Å². The molecule has 0 bridgehead atoms. The molecule has 1 fully saturated rings. The van der Waals surface area contributed by atoms with Crippen molar-refractivity contribution < 1.29 is 4.39 Å². The zero-order valence-corrected chi connectivity index (χ0v) is 14.9. The second-order valence-corrected chi connectivity index (χ2v) is 6.93. The van der Waals surface area contributed by atoms with Gasteiger partial charge in [0.25, 0.3) is 0 Å². The van der Waals surface area contributed by atoms with Gasteiger partial charge in [0.1, 0.15) is 5.82 Å². The highest BCUT2D eigenvalue weighted by atomic mass is 79.9. The average molecular weight is 393 g/mol. The second-order valence-electron chi connectivity index (χ2n) is 6.07. The van der Waals surface area contributed by atoms with E-state index in [1.54, 1.807) is 11.1 Å². The van der Waals surface area contributed by atoms with Crippen molar-refractivity contribution in [3.05, 3.63) is 22.4 Å². The van der Waals surface area contributed by atoms with Gasteiger partial charge in [0.05, 0.1) is 21.9 Å². The van der Waals surface area contributed by atoms with Crippen LogP contribution in [0.15, 0.2) is 31.7 Å². The van der Waals surface area contributed by atoms with Gasteiger partial charge >= 0.3 is 0 Å². The van der Waals surface area contributed by atoms with E-state index in [1.165, 1.54) is 6.07 Å². The Kier molecular flexibility index (Phi) is 4.09. The number of fused-ring (bicyclic) bond motifs is 3. The summed E-state index contributed by atoms with van der Waals surface area (Å²) < 4.78 is 14.4. The number of hydrogen-bond acceptors (Lipinski definition) is 6. The quantitative estimate of drug-likeness (QED) is 0.737. The van der Waals surface area contributed by atoms with Crippen LogP contribution in [-0.4, -0.2) is 55.0 Å². The minimum Gasteiger partial charge on any atom is -0.351 e. The third kappa shape index (κ3) is 2.73. The Balaban J connectivity index is 1.88. The van der Waals surface area contributed by atoms with Crippen LogP contribution in [0.25, 0.3) is 0 Å². The van der Waals surface area contributed by atoms with E-state index in [1.807, 2.05) is 6.21 Å². The molecule has 126 valence electrons. The summed E-state index contributed by atoms with van der Waals surface area (Å²) in [6.07, 6.45) is 2.63. The van der Waals surface area contributed by atoms with Crippen LogP contribution in [0.2, 0.25) is 0 Å². The Morgan fingerprint density at radius 1 is 1.25 bits per heavy atom. The van der Waals surface area contributed by atoms with Crippen LogP contribution in [-0.2, 0) is 0 Å². The first-order valence-electron chi connectivity index (χ1n) is 8.07. The summed E-state index contributed by atoms with van der Waals surface area (Å²) in [5.41, 5.74) is 1.32. The molecule has 0 spiro atoms. The average Bonchev–Trinajstić information content (AvgIpc) is 2.78. The van der Waals surface area contributed by atoms with E-state index in [-0.39, 0.29) is 11.9 Å². The number of halogens is 2. The number of piperazine rings is 1. The second kappa shape index (κ2) is 6.25. The number of anilines is 1. The van der Waals surface area contributed by atoms with Crippen molar-refractivity contribution in [1.82, 2.24) is 10.2 Å². The smallest absolute Gasteiger partial charge is 0.193 e. The lowest BCUT2D eigenvalue weighted by molar-refractivity contribution is 0.360. The minimum atomic E-state index is -0.329. The summed E-state index contributed by atoms with van der Waals surface area (Å²) in [5, 5.41) is 9.69. The number of aliphatic imine (C=N–C) groups is 2. The van der Waals surface area contributed by atoms with Crippen LogP contribution >= 0.6 is 15.9 Å². The molecule has 3 heterocycles. The summed E-state index contributed by atoms with van der Waals surface area (Å²) in [5.74, 6) is 1.19. The van der Waals surface area contributed by atoms with Gasteiger partial charge in [-0.3, -0.25) is 4.99 Å². The number of benzene rings is 1. The van der Waals surface area contributed by atoms with Gasteiger partial charge in [-0.15, -0.1) is 0 Å². The number of amidine groups is 2. The van der Waals surface area contributed by atoms with Crippen molar-refractivity contribution in [3.8, 4) is 0 Å². The first kappa shape index (κ1) is 15.7. The zero-order chi connectivity index (χ0) is 16.7. The fourth-order valence-corrected chi connectivity index (χ4v) is 3.35. The Hall–Kier alpha value is -1.80. The highest BCUT2D eigenvalue weighted by molar-refractivity contribution is 9.10. The molecule has 3 aliphatic rings. The van der Waals surface area contributed by atoms with Crippen LogP contribution < -0.4 is 10.3 Å². The van der Waals surface area contributed by atoms with Crippen LogP contribution in [0.4, 0.5) is 15.8 Å². The Labute approximate surface area is 148 Å². The van der Waals surface area contributed by atoms with Crippen molar-refractivity contribution in [2.75, 3.05) is 31.2 Å². The van der Waals surface area contributed by atoms with E-state index in [2.05, 4.69) is 38.2 Å². The van der Waals surface area contributed by atoms with Crippen LogP contribution in [0.3, 0.4) is 0 Å². The van der Waals surface area contributed by atoms with Crippen molar-refractivity contribution in [1.29, 1.82) is 0 Å². The molecule has 1 unspecified atom stereocenters. The zero-order valence-electron chi connectivity index (χ0n) is 13.3. The first-order valence-corrected chi connectivity index (χ1v) is 8.87. The SMILES string of the molecule is CC1CC=NN2C(=N1)C(N1CCNCC1)=Nc1cc(F)c(Br)cc12. The molecule has 1 aromatic rings. The maximum atomic E-state index is 14.0. The summed E-state index contributed by atoms with van der Waals surface area (Å²) in [6.45, 7) is 5.55. The highest BCUT2D eigenvalue weighted by Crippen LogP contribution is 2.38. The molecule has 24 heavy (non-hydrogen) atoms. The summed E-state index contributed by atoms with van der Waals surface area (Å²) in [4.78, 5) is 11.8. The van der Waals surface area contributed by atoms with E-state index < -0.39 is 0 Å².